The summed E-state index contributed by atoms with van der Waals surface area (Å²) < 4.78 is 0. The Balaban J connectivity index is 3.55. The Hall–Kier alpha value is -0.0800. The second-order valence-corrected chi connectivity index (χ2v) is 4.66. The minimum Gasteiger partial charge on any atom is -0.315 e. The molecule has 0 rings (SSSR count). The van der Waals surface area contributed by atoms with E-state index in [1.165, 1.54) is 0 Å². The van der Waals surface area contributed by atoms with Crippen molar-refractivity contribution in [3.63, 3.8) is 0 Å². The van der Waals surface area contributed by atoms with Crippen molar-refractivity contribution in [2.45, 2.75) is 46.7 Å². The molecule has 13 heavy (non-hydrogen) atoms. The molecule has 0 saturated carbocycles. The van der Waals surface area contributed by atoms with E-state index in [9.17, 15) is 0 Å². The van der Waals surface area contributed by atoms with Gasteiger partial charge in [-0.05, 0) is 40.3 Å². The SMILES string of the molecule is CC(C)CNCC(C)N(C)C(C)C. The molecule has 0 aromatic heterocycles. The van der Waals surface area contributed by atoms with E-state index < -0.39 is 0 Å². The Morgan fingerprint density at radius 2 is 1.54 bits per heavy atom. The molecule has 0 radical (unpaired) electrons. The van der Waals surface area contributed by atoms with Crippen LogP contribution in [-0.2, 0) is 0 Å². The summed E-state index contributed by atoms with van der Waals surface area (Å²) in [5, 5.41) is 3.48. The Morgan fingerprint density at radius 3 is 1.92 bits per heavy atom. The Labute approximate surface area is 83.7 Å². The lowest BCUT2D eigenvalue weighted by Crippen LogP contribution is -2.42. The molecule has 0 amide bonds. The molecule has 80 valence electrons. The molecule has 1 N–H and O–H groups in total. The molecule has 0 aromatic rings. The van der Waals surface area contributed by atoms with E-state index in [1.807, 2.05) is 0 Å². The van der Waals surface area contributed by atoms with Crippen LogP contribution in [-0.4, -0.2) is 37.1 Å². The first-order chi connectivity index (χ1) is 5.95. The average Bonchev–Trinajstić information content (AvgIpc) is 2.02. The van der Waals surface area contributed by atoms with Gasteiger partial charge in [-0.25, -0.2) is 0 Å². The molecule has 0 aromatic carbocycles. The van der Waals surface area contributed by atoms with Crippen LogP contribution in [0.1, 0.15) is 34.6 Å². The van der Waals surface area contributed by atoms with Crippen LogP contribution >= 0.6 is 0 Å². The van der Waals surface area contributed by atoms with E-state index in [0.29, 0.717) is 12.1 Å². The fourth-order valence-electron chi connectivity index (χ4n) is 1.23. The summed E-state index contributed by atoms with van der Waals surface area (Å²) in [7, 11) is 2.19. The third-order valence-electron chi connectivity index (χ3n) is 2.50. The maximum absolute atomic E-state index is 3.48. The lowest BCUT2D eigenvalue weighted by atomic mass is 10.2. The quantitative estimate of drug-likeness (QED) is 0.682. The van der Waals surface area contributed by atoms with Crippen LogP contribution in [0.25, 0.3) is 0 Å². The highest BCUT2D eigenvalue weighted by molar-refractivity contribution is 4.69. The minimum atomic E-state index is 0.624. The van der Waals surface area contributed by atoms with Crippen molar-refractivity contribution in [3.05, 3.63) is 0 Å². The molecule has 0 bridgehead atoms. The van der Waals surface area contributed by atoms with E-state index in [2.05, 4.69) is 51.9 Å². The van der Waals surface area contributed by atoms with E-state index in [-0.39, 0.29) is 0 Å². The fraction of sp³-hybridized carbons (Fsp3) is 1.00. The smallest absolute Gasteiger partial charge is 0.0192 e. The van der Waals surface area contributed by atoms with E-state index in [4.69, 9.17) is 0 Å². The van der Waals surface area contributed by atoms with Crippen LogP contribution < -0.4 is 5.32 Å². The molecule has 1 unspecified atom stereocenters. The highest BCUT2D eigenvalue weighted by Gasteiger charge is 2.11. The normalized spacial score (nSPS) is 14.5. The first kappa shape index (κ1) is 12.9. The van der Waals surface area contributed by atoms with Gasteiger partial charge < -0.3 is 10.2 Å². The van der Waals surface area contributed by atoms with Gasteiger partial charge in [-0.15, -0.1) is 0 Å². The van der Waals surface area contributed by atoms with E-state index >= 15 is 0 Å². The van der Waals surface area contributed by atoms with Gasteiger partial charge >= 0.3 is 0 Å². The van der Waals surface area contributed by atoms with E-state index in [0.717, 1.165) is 19.0 Å². The van der Waals surface area contributed by atoms with Gasteiger partial charge in [-0.1, -0.05) is 13.8 Å². The molecule has 2 heteroatoms. The number of likely N-dealkylation sites (N-methyl/N-ethyl adjacent to an activating group) is 1. The second kappa shape index (κ2) is 6.39. The van der Waals surface area contributed by atoms with Crippen LogP contribution in [0.4, 0.5) is 0 Å². The van der Waals surface area contributed by atoms with Gasteiger partial charge in [-0.2, -0.15) is 0 Å². The second-order valence-electron chi connectivity index (χ2n) is 4.66. The topological polar surface area (TPSA) is 15.3 Å². The van der Waals surface area contributed by atoms with Gasteiger partial charge in [0.2, 0.25) is 0 Å². The molecule has 0 aliphatic carbocycles. The van der Waals surface area contributed by atoms with Crippen molar-refractivity contribution in [2.75, 3.05) is 20.1 Å². The Morgan fingerprint density at radius 1 is 1.00 bits per heavy atom. The molecular formula is C11H26N2. The number of hydrogen-bond donors (Lipinski definition) is 1. The van der Waals surface area contributed by atoms with Gasteiger partial charge in [0.1, 0.15) is 0 Å². The summed E-state index contributed by atoms with van der Waals surface area (Å²) in [5.74, 6) is 0.747. The summed E-state index contributed by atoms with van der Waals surface area (Å²) in [6, 6.07) is 1.26. The first-order valence-corrected chi connectivity index (χ1v) is 5.37. The molecule has 2 nitrogen and oxygen atoms in total. The third kappa shape index (κ3) is 6.05. The zero-order valence-electron chi connectivity index (χ0n) is 10.1. The number of nitrogens with zero attached hydrogens (tertiary/aromatic N) is 1. The summed E-state index contributed by atoms with van der Waals surface area (Å²) in [4.78, 5) is 2.40. The van der Waals surface area contributed by atoms with Crippen molar-refractivity contribution in [1.82, 2.24) is 10.2 Å². The van der Waals surface area contributed by atoms with E-state index in [1.54, 1.807) is 0 Å². The standard InChI is InChI=1S/C11H26N2/c1-9(2)7-12-8-11(5)13(6)10(3)4/h9-12H,7-8H2,1-6H3. The largest absolute Gasteiger partial charge is 0.315 e. The number of rotatable bonds is 6. The average molecular weight is 186 g/mol. The monoisotopic (exact) mass is 186 g/mol. The van der Waals surface area contributed by atoms with Crippen molar-refractivity contribution in [2.24, 2.45) is 5.92 Å². The van der Waals surface area contributed by atoms with Gasteiger partial charge in [0.15, 0.2) is 0 Å². The summed E-state index contributed by atoms with van der Waals surface area (Å²) in [5.41, 5.74) is 0. The molecular weight excluding hydrogens is 160 g/mol. The molecule has 0 fully saturated rings. The Bertz CT molecular complexity index is 121. The maximum Gasteiger partial charge on any atom is 0.0192 e. The number of nitrogens with one attached hydrogen (secondary N) is 1. The minimum absolute atomic E-state index is 0.624. The van der Waals surface area contributed by atoms with Crippen LogP contribution in [0.15, 0.2) is 0 Å². The summed E-state index contributed by atoms with van der Waals surface area (Å²) in [6.07, 6.45) is 0. The molecule has 1 atom stereocenters. The highest BCUT2D eigenvalue weighted by atomic mass is 15.2. The lowest BCUT2D eigenvalue weighted by Gasteiger charge is -2.28. The highest BCUT2D eigenvalue weighted by Crippen LogP contribution is 2.00. The number of hydrogen-bond acceptors (Lipinski definition) is 2. The fourth-order valence-corrected chi connectivity index (χ4v) is 1.23. The van der Waals surface area contributed by atoms with Gasteiger partial charge in [0.05, 0.1) is 0 Å². The molecule has 0 aliphatic heterocycles. The third-order valence-corrected chi connectivity index (χ3v) is 2.50. The zero-order chi connectivity index (χ0) is 10.4. The molecule has 0 saturated heterocycles. The van der Waals surface area contributed by atoms with Crippen LogP contribution in [0, 0.1) is 5.92 Å². The van der Waals surface area contributed by atoms with Crippen LogP contribution in [0.5, 0.6) is 0 Å². The van der Waals surface area contributed by atoms with Crippen molar-refractivity contribution >= 4 is 0 Å². The van der Waals surface area contributed by atoms with Crippen LogP contribution in [0.3, 0.4) is 0 Å². The Kier molecular flexibility index (Phi) is 6.35. The van der Waals surface area contributed by atoms with Gasteiger partial charge in [0.25, 0.3) is 0 Å². The predicted octanol–water partition coefficient (Wildman–Crippen LogP) is 1.96. The molecule has 0 aliphatic rings. The van der Waals surface area contributed by atoms with Crippen molar-refractivity contribution in [3.8, 4) is 0 Å². The summed E-state index contributed by atoms with van der Waals surface area (Å²) in [6.45, 7) is 13.4. The van der Waals surface area contributed by atoms with Crippen molar-refractivity contribution < 1.29 is 0 Å². The van der Waals surface area contributed by atoms with Crippen molar-refractivity contribution in [1.29, 1.82) is 0 Å². The molecule has 0 heterocycles. The molecule has 0 spiro atoms. The summed E-state index contributed by atoms with van der Waals surface area (Å²) >= 11 is 0. The lowest BCUT2D eigenvalue weighted by molar-refractivity contribution is 0.203. The van der Waals surface area contributed by atoms with Crippen LogP contribution in [0.2, 0.25) is 0 Å². The maximum atomic E-state index is 3.48. The van der Waals surface area contributed by atoms with Gasteiger partial charge in [-0.3, -0.25) is 0 Å². The van der Waals surface area contributed by atoms with Gasteiger partial charge in [0, 0.05) is 18.6 Å². The predicted molar refractivity (Wildman–Crippen MR) is 60.1 cm³/mol. The zero-order valence-corrected chi connectivity index (χ0v) is 10.1. The first-order valence-electron chi connectivity index (χ1n) is 5.37.